The van der Waals surface area contributed by atoms with Gasteiger partial charge in [0.05, 0.1) is 11.0 Å². The highest BCUT2D eigenvalue weighted by molar-refractivity contribution is 5.85. The number of nitro benzene ring substituents is 1. The van der Waals surface area contributed by atoms with Gasteiger partial charge in [-0.25, -0.2) is 4.39 Å². The molecule has 25 heavy (non-hydrogen) atoms. The number of carbonyl (C=O) groups excluding carboxylic acids is 1. The Hall–Kier alpha value is -2.96. The van der Waals surface area contributed by atoms with E-state index in [0.717, 1.165) is 12.1 Å². The topological polar surface area (TPSA) is 78.7 Å². The minimum Gasteiger partial charge on any atom is -0.486 e. The Labute approximate surface area is 144 Å². The minimum absolute atomic E-state index is 0.0271. The van der Waals surface area contributed by atoms with E-state index < -0.39 is 16.2 Å². The van der Waals surface area contributed by atoms with Crippen LogP contribution in [-0.2, 0) is 4.79 Å². The second-order valence-corrected chi connectivity index (χ2v) is 6.41. The van der Waals surface area contributed by atoms with Crippen LogP contribution in [0.2, 0.25) is 0 Å². The zero-order valence-electron chi connectivity index (χ0n) is 14.1. The van der Waals surface area contributed by atoms with Gasteiger partial charge in [0, 0.05) is 11.5 Å². The number of ether oxygens (including phenoxy) is 2. The molecule has 0 radical (unpaired) electrons. The largest absolute Gasteiger partial charge is 0.486 e. The molecule has 0 unspecified atom stereocenters. The quantitative estimate of drug-likeness (QED) is 0.567. The first-order chi connectivity index (χ1) is 11.7. The number of halogens is 1. The summed E-state index contributed by atoms with van der Waals surface area (Å²) in [5.41, 5.74) is -0.826. The van der Waals surface area contributed by atoms with Gasteiger partial charge < -0.3 is 9.47 Å². The fraction of sp³-hybridized carbons (Fsp3) is 0.278. The van der Waals surface area contributed by atoms with Crippen molar-refractivity contribution < 1.29 is 23.6 Å². The van der Waals surface area contributed by atoms with Gasteiger partial charge in [-0.3, -0.25) is 14.9 Å². The molecule has 0 bridgehead atoms. The molecular formula is C18H18FNO5. The molecule has 0 heterocycles. The number of nitro groups is 1. The smallest absolute Gasteiger partial charge is 0.272 e. The number of benzene rings is 2. The van der Waals surface area contributed by atoms with Gasteiger partial charge in [-0.2, -0.15) is 0 Å². The molecule has 132 valence electrons. The lowest BCUT2D eigenvalue weighted by Gasteiger charge is -2.16. The van der Waals surface area contributed by atoms with E-state index in [2.05, 4.69) is 0 Å². The highest BCUT2D eigenvalue weighted by Crippen LogP contribution is 2.28. The van der Waals surface area contributed by atoms with Crippen LogP contribution in [0.25, 0.3) is 0 Å². The molecule has 2 rings (SSSR count). The maximum atomic E-state index is 13.8. The van der Waals surface area contributed by atoms with Gasteiger partial charge in [0.15, 0.2) is 17.3 Å². The van der Waals surface area contributed by atoms with Crippen LogP contribution in [0.1, 0.15) is 20.8 Å². The molecule has 0 atom stereocenters. The fourth-order valence-electron chi connectivity index (χ4n) is 1.78. The van der Waals surface area contributed by atoms with Crippen molar-refractivity contribution >= 4 is 11.5 Å². The standard InChI is InChI=1S/C18H18FNO5/c1-18(2,3)17(21)11-24-13-5-7-14(8-6-13)25-16-9-4-12(20(22)23)10-15(16)19/h4-10H,11H2,1-3H3. The number of rotatable bonds is 6. The highest BCUT2D eigenvalue weighted by Gasteiger charge is 2.21. The van der Waals surface area contributed by atoms with Crippen molar-refractivity contribution in [1.29, 1.82) is 0 Å². The van der Waals surface area contributed by atoms with Crippen LogP contribution in [-0.4, -0.2) is 17.3 Å². The molecule has 0 aliphatic heterocycles. The third-order valence-electron chi connectivity index (χ3n) is 3.38. The Balaban J connectivity index is 2.01. The van der Waals surface area contributed by atoms with Crippen LogP contribution in [0, 0.1) is 21.3 Å². The van der Waals surface area contributed by atoms with Crippen LogP contribution in [0.15, 0.2) is 42.5 Å². The Morgan fingerprint density at radius 2 is 1.72 bits per heavy atom. The second-order valence-electron chi connectivity index (χ2n) is 6.41. The van der Waals surface area contributed by atoms with Gasteiger partial charge in [-0.1, -0.05) is 20.8 Å². The Bertz CT molecular complexity index is 781. The van der Waals surface area contributed by atoms with Gasteiger partial charge in [0.1, 0.15) is 18.1 Å². The molecule has 7 heteroatoms. The van der Waals surface area contributed by atoms with Crippen LogP contribution < -0.4 is 9.47 Å². The molecule has 2 aromatic carbocycles. The van der Waals surface area contributed by atoms with Crippen molar-refractivity contribution in [2.75, 3.05) is 6.61 Å². The first-order valence-electron chi connectivity index (χ1n) is 7.55. The van der Waals surface area contributed by atoms with Gasteiger partial charge in [-0.05, 0) is 30.3 Å². The predicted molar refractivity (Wildman–Crippen MR) is 89.5 cm³/mol. The summed E-state index contributed by atoms with van der Waals surface area (Å²) >= 11 is 0. The zero-order chi connectivity index (χ0) is 18.6. The van der Waals surface area contributed by atoms with Crippen molar-refractivity contribution in [3.05, 3.63) is 58.4 Å². The second kappa shape index (κ2) is 7.29. The third-order valence-corrected chi connectivity index (χ3v) is 3.38. The van der Waals surface area contributed by atoms with Crippen LogP contribution in [0.4, 0.5) is 10.1 Å². The molecular weight excluding hydrogens is 329 g/mol. The molecule has 0 spiro atoms. The van der Waals surface area contributed by atoms with Crippen LogP contribution in [0.5, 0.6) is 17.2 Å². The SMILES string of the molecule is CC(C)(C)C(=O)COc1ccc(Oc2ccc([N+](=O)[O-])cc2F)cc1. The van der Waals surface area contributed by atoms with Crippen molar-refractivity contribution in [3.8, 4) is 17.2 Å². The fourth-order valence-corrected chi connectivity index (χ4v) is 1.78. The molecule has 0 N–H and O–H groups in total. The number of hydrogen-bond acceptors (Lipinski definition) is 5. The number of non-ortho nitro benzene ring substituents is 1. The molecule has 6 nitrogen and oxygen atoms in total. The zero-order valence-corrected chi connectivity index (χ0v) is 14.1. The van der Waals surface area contributed by atoms with Gasteiger partial charge in [0.2, 0.25) is 0 Å². The summed E-state index contributed by atoms with van der Waals surface area (Å²) in [5.74, 6) is -0.162. The summed E-state index contributed by atoms with van der Waals surface area (Å²) in [6, 6.07) is 9.44. The summed E-state index contributed by atoms with van der Waals surface area (Å²) in [4.78, 5) is 21.7. The summed E-state index contributed by atoms with van der Waals surface area (Å²) in [5, 5.41) is 10.6. The molecule has 0 fully saturated rings. The maximum Gasteiger partial charge on any atom is 0.272 e. The van der Waals surface area contributed by atoms with E-state index in [1.165, 1.54) is 6.07 Å². The number of Topliss-reactive ketones (excluding diaryl/α,β-unsaturated/α-hetero) is 1. The summed E-state index contributed by atoms with van der Waals surface area (Å²) in [6.45, 7) is 5.40. The number of hydrogen-bond donors (Lipinski definition) is 0. The number of carbonyl (C=O) groups is 1. The van der Waals surface area contributed by atoms with E-state index in [0.29, 0.717) is 11.5 Å². The Kier molecular flexibility index (Phi) is 5.36. The molecule has 0 aliphatic rings. The lowest BCUT2D eigenvalue weighted by molar-refractivity contribution is -0.385. The highest BCUT2D eigenvalue weighted by atomic mass is 19.1. The average molecular weight is 347 g/mol. The van der Waals surface area contributed by atoms with E-state index in [4.69, 9.17) is 9.47 Å². The first-order valence-corrected chi connectivity index (χ1v) is 7.55. The average Bonchev–Trinajstić information content (AvgIpc) is 2.54. The van der Waals surface area contributed by atoms with E-state index in [1.807, 2.05) is 20.8 Å². The van der Waals surface area contributed by atoms with Gasteiger partial charge >= 0.3 is 0 Å². The molecule has 0 amide bonds. The third kappa shape index (κ3) is 5.00. The predicted octanol–water partition coefficient (Wildman–Crippen LogP) is 4.52. The Morgan fingerprint density at radius 1 is 1.12 bits per heavy atom. The van der Waals surface area contributed by atoms with Gasteiger partial charge in [-0.15, -0.1) is 0 Å². The van der Waals surface area contributed by atoms with Crippen molar-refractivity contribution in [2.45, 2.75) is 20.8 Å². The summed E-state index contributed by atoms with van der Waals surface area (Å²) < 4.78 is 24.6. The number of nitrogens with zero attached hydrogens (tertiary/aromatic N) is 1. The first kappa shape index (κ1) is 18.4. The molecule has 0 aromatic heterocycles. The van der Waals surface area contributed by atoms with Crippen LogP contribution in [0.3, 0.4) is 0 Å². The normalized spacial score (nSPS) is 11.0. The van der Waals surface area contributed by atoms with E-state index in [1.54, 1.807) is 24.3 Å². The molecule has 0 saturated heterocycles. The van der Waals surface area contributed by atoms with Crippen molar-refractivity contribution in [1.82, 2.24) is 0 Å². The van der Waals surface area contributed by atoms with E-state index in [9.17, 15) is 19.3 Å². The molecule has 0 aliphatic carbocycles. The van der Waals surface area contributed by atoms with Crippen LogP contribution >= 0.6 is 0 Å². The van der Waals surface area contributed by atoms with E-state index >= 15 is 0 Å². The van der Waals surface area contributed by atoms with Crippen molar-refractivity contribution in [2.24, 2.45) is 5.41 Å². The molecule has 0 saturated carbocycles. The number of ketones is 1. The lowest BCUT2D eigenvalue weighted by atomic mass is 9.91. The Morgan fingerprint density at radius 3 is 2.24 bits per heavy atom. The maximum absolute atomic E-state index is 13.8. The molecule has 2 aromatic rings. The lowest BCUT2D eigenvalue weighted by Crippen LogP contribution is -2.26. The minimum atomic E-state index is -0.828. The van der Waals surface area contributed by atoms with Crippen molar-refractivity contribution in [3.63, 3.8) is 0 Å². The summed E-state index contributed by atoms with van der Waals surface area (Å²) in [6.07, 6.45) is 0. The van der Waals surface area contributed by atoms with Gasteiger partial charge in [0.25, 0.3) is 5.69 Å². The summed E-state index contributed by atoms with van der Waals surface area (Å²) in [7, 11) is 0. The monoisotopic (exact) mass is 347 g/mol. The van der Waals surface area contributed by atoms with E-state index in [-0.39, 0.29) is 23.8 Å².